The number of thiophene rings is 1. The second-order valence-corrected chi connectivity index (χ2v) is 7.58. The van der Waals surface area contributed by atoms with Crippen LogP contribution in [-0.4, -0.2) is 17.9 Å². The first kappa shape index (κ1) is 17.8. The monoisotopic (exact) mass is 376 g/mol. The van der Waals surface area contributed by atoms with E-state index in [0.717, 1.165) is 22.4 Å². The van der Waals surface area contributed by atoms with Gasteiger partial charge in [-0.2, -0.15) is 0 Å². The number of carbonyl (C=O) groups is 1. The number of aryl methyl sites for hydroxylation is 1. The Balaban J connectivity index is 2.09. The summed E-state index contributed by atoms with van der Waals surface area (Å²) in [6, 6.07) is 4.34. The van der Waals surface area contributed by atoms with Crippen molar-refractivity contribution in [3.05, 3.63) is 56.3 Å². The number of aromatic nitrogens is 1. The van der Waals surface area contributed by atoms with Crippen molar-refractivity contribution in [3.63, 3.8) is 0 Å². The van der Waals surface area contributed by atoms with Crippen molar-refractivity contribution < 1.29 is 9.18 Å². The van der Waals surface area contributed by atoms with Crippen molar-refractivity contribution in [3.8, 4) is 0 Å². The lowest BCUT2D eigenvalue weighted by atomic mass is 10.0. The van der Waals surface area contributed by atoms with E-state index in [2.05, 4.69) is 4.98 Å². The van der Waals surface area contributed by atoms with Crippen LogP contribution in [0.3, 0.4) is 0 Å². The topological polar surface area (TPSA) is 33.2 Å². The summed E-state index contributed by atoms with van der Waals surface area (Å²) in [5.41, 5.74) is 4.09. The number of nitrogens with zero attached hydrogens (tertiary/aromatic N) is 2. The van der Waals surface area contributed by atoms with Crippen LogP contribution in [0.25, 0.3) is 10.1 Å². The molecule has 2 aromatic heterocycles. The minimum Gasteiger partial charge on any atom is -0.295 e. The molecule has 0 radical (unpaired) electrons. The van der Waals surface area contributed by atoms with Crippen LogP contribution in [0.5, 0.6) is 0 Å². The molecule has 0 saturated carbocycles. The van der Waals surface area contributed by atoms with Gasteiger partial charge in [0.2, 0.25) is 0 Å². The molecule has 0 aliphatic carbocycles. The highest BCUT2D eigenvalue weighted by Crippen LogP contribution is 2.37. The summed E-state index contributed by atoms with van der Waals surface area (Å²) in [5, 5.41) is 1.04. The fraction of sp³-hybridized carbons (Fsp3) is 0.263. The first-order valence-corrected chi connectivity index (χ1v) is 9.01. The molecule has 1 aromatic carbocycles. The third kappa shape index (κ3) is 2.92. The molecule has 0 spiro atoms. The number of carbonyl (C=O) groups excluding carboxylic acids is 1. The molecule has 3 nitrogen and oxygen atoms in total. The summed E-state index contributed by atoms with van der Waals surface area (Å²) >= 11 is 7.58. The van der Waals surface area contributed by atoms with Gasteiger partial charge in [0.25, 0.3) is 5.91 Å². The summed E-state index contributed by atoms with van der Waals surface area (Å²) in [5.74, 6) is 0.0234. The average Bonchev–Trinajstić information content (AvgIpc) is 2.90. The van der Waals surface area contributed by atoms with Gasteiger partial charge in [-0.05, 0) is 62.6 Å². The number of hydrogen-bond donors (Lipinski definition) is 0. The van der Waals surface area contributed by atoms with Crippen molar-refractivity contribution in [2.45, 2.75) is 27.7 Å². The van der Waals surface area contributed by atoms with Crippen LogP contribution >= 0.6 is 22.9 Å². The lowest BCUT2D eigenvalue weighted by Gasteiger charge is -2.21. The molecular weight excluding hydrogens is 359 g/mol. The van der Waals surface area contributed by atoms with Crippen LogP contribution in [-0.2, 0) is 0 Å². The molecule has 130 valence electrons. The molecule has 3 aromatic rings. The lowest BCUT2D eigenvalue weighted by Crippen LogP contribution is -2.28. The smallest absolute Gasteiger partial charge is 0.270 e. The largest absolute Gasteiger partial charge is 0.295 e. The quantitative estimate of drug-likeness (QED) is 0.583. The molecule has 25 heavy (non-hydrogen) atoms. The number of anilines is 1. The second kappa shape index (κ2) is 6.39. The molecule has 1 amide bonds. The number of benzene rings is 1. The SMILES string of the molecule is Cc1nc(N(C)C(=O)c2sc3cc(F)ccc3c2Cl)c(C)c(C)c1C. The highest BCUT2D eigenvalue weighted by atomic mass is 35.5. The zero-order valence-electron chi connectivity index (χ0n) is 14.7. The molecule has 0 aliphatic heterocycles. The van der Waals surface area contributed by atoms with Gasteiger partial charge in [0, 0.05) is 22.8 Å². The number of hydrogen-bond acceptors (Lipinski definition) is 3. The molecule has 0 bridgehead atoms. The fourth-order valence-corrected chi connectivity index (χ4v) is 4.31. The zero-order valence-corrected chi connectivity index (χ0v) is 16.3. The van der Waals surface area contributed by atoms with E-state index in [1.165, 1.54) is 28.4 Å². The number of fused-ring (bicyclic) bond motifs is 1. The van der Waals surface area contributed by atoms with Crippen molar-refractivity contribution in [1.82, 2.24) is 4.98 Å². The van der Waals surface area contributed by atoms with E-state index in [9.17, 15) is 9.18 Å². The summed E-state index contributed by atoms with van der Waals surface area (Å²) in [6.45, 7) is 7.93. The van der Waals surface area contributed by atoms with E-state index in [-0.39, 0.29) is 11.7 Å². The third-order valence-electron chi connectivity index (χ3n) is 4.68. The average molecular weight is 377 g/mol. The van der Waals surface area contributed by atoms with Gasteiger partial charge in [0.1, 0.15) is 16.5 Å². The number of pyridine rings is 1. The maximum Gasteiger partial charge on any atom is 0.270 e. The van der Waals surface area contributed by atoms with E-state index in [0.29, 0.717) is 25.8 Å². The molecule has 0 atom stereocenters. The normalized spacial score (nSPS) is 11.2. The van der Waals surface area contributed by atoms with Crippen LogP contribution in [0, 0.1) is 33.5 Å². The zero-order chi connectivity index (χ0) is 18.5. The predicted molar refractivity (Wildman–Crippen MR) is 103 cm³/mol. The Morgan fingerprint density at radius 3 is 2.52 bits per heavy atom. The maximum absolute atomic E-state index is 13.4. The number of rotatable bonds is 2. The molecule has 0 aliphatic rings. The third-order valence-corrected chi connectivity index (χ3v) is 6.33. The highest BCUT2D eigenvalue weighted by molar-refractivity contribution is 7.21. The Hall–Kier alpha value is -1.98. The Morgan fingerprint density at radius 2 is 1.84 bits per heavy atom. The first-order valence-electron chi connectivity index (χ1n) is 7.82. The maximum atomic E-state index is 13.4. The molecule has 3 rings (SSSR count). The van der Waals surface area contributed by atoms with Gasteiger partial charge in [-0.1, -0.05) is 11.6 Å². The predicted octanol–water partition coefficient (Wildman–Crippen LogP) is 5.60. The van der Waals surface area contributed by atoms with Crippen molar-refractivity contribution in [1.29, 1.82) is 0 Å². The van der Waals surface area contributed by atoms with Gasteiger partial charge < -0.3 is 0 Å². The molecule has 0 unspecified atom stereocenters. The molecule has 6 heteroatoms. The standard InChI is InChI=1S/C19H18ClFN2OS/c1-9-10(2)12(4)22-18(11(9)3)23(5)19(24)17-16(20)14-7-6-13(21)8-15(14)25-17/h6-8H,1-5H3. The minimum absolute atomic E-state index is 0.245. The Morgan fingerprint density at radius 1 is 1.16 bits per heavy atom. The van der Waals surface area contributed by atoms with E-state index in [4.69, 9.17) is 11.6 Å². The van der Waals surface area contributed by atoms with Crippen LogP contribution in [0.2, 0.25) is 5.02 Å². The molecule has 0 fully saturated rings. The summed E-state index contributed by atoms with van der Waals surface area (Å²) in [6.07, 6.45) is 0. The van der Waals surface area contributed by atoms with E-state index in [1.807, 2.05) is 27.7 Å². The summed E-state index contributed by atoms with van der Waals surface area (Å²) < 4.78 is 14.1. The van der Waals surface area contributed by atoms with Crippen molar-refractivity contribution in [2.24, 2.45) is 0 Å². The van der Waals surface area contributed by atoms with Gasteiger partial charge in [0.15, 0.2) is 0 Å². The minimum atomic E-state index is -0.347. The lowest BCUT2D eigenvalue weighted by molar-refractivity contribution is 0.0996. The van der Waals surface area contributed by atoms with Crippen LogP contribution in [0.1, 0.15) is 32.1 Å². The number of amides is 1. The Bertz CT molecular complexity index is 1010. The van der Waals surface area contributed by atoms with Crippen molar-refractivity contribution >= 4 is 44.7 Å². The van der Waals surface area contributed by atoms with Crippen LogP contribution in [0.15, 0.2) is 18.2 Å². The van der Waals surface area contributed by atoms with Crippen LogP contribution in [0.4, 0.5) is 10.2 Å². The van der Waals surface area contributed by atoms with Crippen molar-refractivity contribution in [2.75, 3.05) is 11.9 Å². The molecule has 0 N–H and O–H groups in total. The van der Waals surface area contributed by atoms with E-state index in [1.54, 1.807) is 13.1 Å². The van der Waals surface area contributed by atoms with E-state index < -0.39 is 0 Å². The molecule has 0 saturated heterocycles. The molecular formula is C19H18ClFN2OS. The van der Waals surface area contributed by atoms with Crippen LogP contribution < -0.4 is 4.90 Å². The van der Waals surface area contributed by atoms with Gasteiger partial charge in [-0.25, -0.2) is 9.37 Å². The van der Waals surface area contributed by atoms with E-state index >= 15 is 0 Å². The summed E-state index contributed by atoms with van der Waals surface area (Å²) in [7, 11) is 1.69. The van der Waals surface area contributed by atoms with Gasteiger partial charge >= 0.3 is 0 Å². The highest BCUT2D eigenvalue weighted by Gasteiger charge is 2.24. The van der Waals surface area contributed by atoms with Gasteiger partial charge in [0.05, 0.1) is 5.02 Å². The number of halogens is 2. The summed E-state index contributed by atoms with van der Waals surface area (Å²) in [4.78, 5) is 19.5. The van der Waals surface area contributed by atoms with Gasteiger partial charge in [-0.15, -0.1) is 11.3 Å². The Kier molecular flexibility index (Phi) is 4.56. The second-order valence-electron chi connectivity index (χ2n) is 6.15. The first-order chi connectivity index (χ1) is 11.7. The fourth-order valence-electron chi connectivity index (χ4n) is 2.80. The Labute approximate surface area is 155 Å². The molecule has 2 heterocycles. The van der Waals surface area contributed by atoms with Gasteiger partial charge in [-0.3, -0.25) is 9.69 Å².